The Bertz CT molecular complexity index is 1130. The minimum Gasteiger partial charge on any atom is -0.322 e. The Balaban J connectivity index is 1.64. The fourth-order valence-corrected chi connectivity index (χ4v) is 5.62. The molecule has 0 unspecified atom stereocenters. The van der Waals surface area contributed by atoms with E-state index in [1.54, 1.807) is 0 Å². The molecule has 1 aliphatic carbocycles. The van der Waals surface area contributed by atoms with E-state index in [0.29, 0.717) is 12.0 Å². The number of piperidine rings is 1. The first-order valence-electron chi connectivity index (χ1n) is 12.3. The number of likely N-dealkylation sites (tertiary alicyclic amines) is 1. The summed E-state index contributed by atoms with van der Waals surface area (Å²) >= 11 is 0. The number of tetrazole rings is 1. The fourth-order valence-electron chi connectivity index (χ4n) is 5.62. The van der Waals surface area contributed by atoms with Crippen molar-refractivity contribution in [1.29, 1.82) is 0 Å². The summed E-state index contributed by atoms with van der Waals surface area (Å²) in [7, 11) is 0. The van der Waals surface area contributed by atoms with Gasteiger partial charge in [0.1, 0.15) is 6.04 Å². The summed E-state index contributed by atoms with van der Waals surface area (Å²) in [4.78, 5) is 18.9. The molecule has 1 aromatic carbocycles. The average molecular weight is 435 g/mol. The molecule has 2 aliphatic rings. The van der Waals surface area contributed by atoms with Crippen LogP contribution in [0, 0.1) is 5.92 Å². The van der Waals surface area contributed by atoms with Crippen molar-refractivity contribution < 1.29 is 0 Å². The topological polar surface area (TPSA) is 79.7 Å². The van der Waals surface area contributed by atoms with Gasteiger partial charge in [-0.2, -0.15) is 0 Å². The van der Waals surface area contributed by atoms with Crippen molar-refractivity contribution in [1.82, 2.24) is 30.1 Å². The Hall–Kier alpha value is -2.54. The third-order valence-corrected chi connectivity index (χ3v) is 7.38. The zero-order valence-corrected chi connectivity index (χ0v) is 19.3. The number of hydrogen-bond acceptors (Lipinski definition) is 5. The van der Waals surface area contributed by atoms with Crippen LogP contribution in [0.25, 0.3) is 10.9 Å². The van der Waals surface area contributed by atoms with Gasteiger partial charge in [0.2, 0.25) is 0 Å². The summed E-state index contributed by atoms with van der Waals surface area (Å²) in [5.41, 5.74) is 2.87. The van der Waals surface area contributed by atoms with Crippen molar-refractivity contribution in [3.05, 3.63) is 51.6 Å². The number of aromatic nitrogens is 5. The summed E-state index contributed by atoms with van der Waals surface area (Å²) in [6.45, 7) is 6.36. The van der Waals surface area contributed by atoms with Gasteiger partial charge in [-0.05, 0) is 84.1 Å². The molecule has 0 spiro atoms. The van der Waals surface area contributed by atoms with Crippen molar-refractivity contribution in [2.75, 3.05) is 13.1 Å². The van der Waals surface area contributed by atoms with E-state index in [4.69, 9.17) is 0 Å². The highest BCUT2D eigenvalue weighted by atomic mass is 16.1. The summed E-state index contributed by atoms with van der Waals surface area (Å²) in [5.74, 6) is 1.42. The molecular formula is C25H34N6O. The number of benzene rings is 1. The quantitative estimate of drug-likeness (QED) is 0.644. The van der Waals surface area contributed by atoms with Crippen LogP contribution in [0.3, 0.4) is 0 Å². The van der Waals surface area contributed by atoms with Gasteiger partial charge in [-0.3, -0.25) is 9.69 Å². The zero-order chi connectivity index (χ0) is 22.1. The number of aryl methyl sites for hydroxylation is 1. The maximum absolute atomic E-state index is 13.4. The van der Waals surface area contributed by atoms with Crippen LogP contribution >= 0.6 is 0 Å². The Kier molecular flexibility index (Phi) is 6.09. The van der Waals surface area contributed by atoms with Crippen LogP contribution in [0.1, 0.15) is 87.8 Å². The lowest BCUT2D eigenvalue weighted by molar-refractivity contribution is 0.138. The molecule has 2 atom stereocenters. The van der Waals surface area contributed by atoms with Gasteiger partial charge >= 0.3 is 0 Å². The lowest BCUT2D eigenvalue weighted by Gasteiger charge is -2.37. The lowest BCUT2D eigenvalue weighted by Crippen LogP contribution is -2.41. The molecule has 0 bridgehead atoms. The van der Waals surface area contributed by atoms with Gasteiger partial charge in [0.15, 0.2) is 5.82 Å². The van der Waals surface area contributed by atoms with Crippen molar-refractivity contribution >= 4 is 10.9 Å². The van der Waals surface area contributed by atoms with Crippen LogP contribution in [-0.4, -0.2) is 43.2 Å². The molecule has 1 N–H and O–H groups in total. The maximum Gasteiger partial charge on any atom is 0.253 e. The molecule has 3 heterocycles. The monoisotopic (exact) mass is 434 g/mol. The minimum absolute atomic E-state index is 0.0387. The van der Waals surface area contributed by atoms with Gasteiger partial charge in [0.05, 0.1) is 6.04 Å². The van der Waals surface area contributed by atoms with E-state index in [2.05, 4.69) is 57.5 Å². The molecule has 1 aliphatic heterocycles. The molecule has 170 valence electrons. The second kappa shape index (κ2) is 9.14. The second-order valence-corrected chi connectivity index (χ2v) is 9.75. The van der Waals surface area contributed by atoms with Crippen molar-refractivity contribution in [3.8, 4) is 0 Å². The van der Waals surface area contributed by atoms with Gasteiger partial charge in [-0.25, -0.2) is 4.68 Å². The smallest absolute Gasteiger partial charge is 0.253 e. The van der Waals surface area contributed by atoms with Crippen molar-refractivity contribution in [2.45, 2.75) is 77.3 Å². The number of nitrogens with one attached hydrogen (secondary N) is 1. The van der Waals surface area contributed by atoms with Crippen molar-refractivity contribution in [2.24, 2.45) is 5.92 Å². The van der Waals surface area contributed by atoms with Gasteiger partial charge in [0.25, 0.3) is 5.56 Å². The molecule has 0 radical (unpaired) electrons. The van der Waals surface area contributed by atoms with Crippen molar-refractivity contribution in [3.63, 3.8) is 0 Å². The number of nitrogens with zero attached hydrogens (tertiary/aromatic N) is 5. The number of pyridine rings is 1. The highest BCUT2D eigenvalue weighted by Crippen LogP contribution is 2.34. The molecule has 7 heteroatoms. The number of rotatable bonds is 5. The Morgan fingerprint density at radius 1 is 1.12 bits per heavy atom. The number of H-pyrrole nitrogens is 1. The van der Waals surface area contributed by atoms with E-state index in [1.807, 2.05) is 10.7 Å². The van der Waals surface area contributed by atoms with E-state index < -0.39 is 0 Å². The maximum atomic E-state index is 13.4. The van der Waals surface area contributed by atoms with E-state index in [-0.39, 0.29) is 11.6 Å². The Labute approximate surface area is 189 Å². The predicted octanol–water partition coefficient (Wildman–Crippen LogP) is 4.40. The van der Waals surface area contributed by atoms with E-state index >= 15 is 0 Å². The van der Waals surface area contributed by atoms with Gasteiger partial charge < -0.3 is 4.98 Å². The van der Waals surface area contributed by atoms with Gasteiger partial charge in [0, 0.05) is 17.6 Å². The standard InChI is InChI=1S/C25H34N6O/c1-3-18-11-12-22-19(14-18)15-21(25(32)26-22)23(30-13-7-8-17(2)16-30)24-27-28-29-31(24)20-9-5-4-6-10-20/h11-12,14-15,17,20,23H,3-10,13,16H2,1-2H3,(H,26,32)/t17-,23+/m0/s1. The van der Waals surface area contributed by atoms with E-state index in [0.717, 1.165) is 61.1 Å². The molecule has 2 fully saturated rings. The first-order valence-corrected chi connectivity index (χ1v) is 12.3. The SMILES string of the molecule is CCc1ccc2[nH]c(=O)c([C@H](c3nnnn3C3CCCCC3)N3CCC[C@H](C)C3)cc2c1. The zero-order valence-electron chi connectivity index (χ0n) is 19.3. The molecule has 2 aromatic heterocycles. The first kappa shape index (κ1) is 21.3. The summed E-state index contributed by atoms with van der Waals surface area (Å²) in [6, 6.07) is 8.47. The van der Waals surface area contributed by atoms with E-state index in [9.17, 15) is 4.79 Å². The highest BCUT2D eigenvalue weighted by Gasteiger charge is 2.34. The normalized spacial score (nSPS) is 21.8. The van der Waals surface area contributed by atoms with Gasteiger partial charge in [-0.15, -0.1) is 5.10 Å². The predicted molar refractivity (Wildman–Crippen MR) is 126 cm³/mol. The molecule has 1 saturated carbocycles. The molecular weight excluding hydrogens is 400 g/mol. The van der Waals surface area contributed by atoms with Gasteiger partial charge in [-0.1, -0.05) is 39.2 Å². The van der Waals surface area contributed by atoms with Crippen LogP contribution in [0.4, 0.5) is 0 Å². The molecule has 7 nitrogen and oxygen atoms in total. The highest BCUT2D eigenvalue weighted by molar-refractivity contribution is 5.80. The average Bonchev–Trinajstić information content (AvgIpc) is 3.29. The Morgan fingerprint density at radius 2 is 1.97 bits per heavy atom. The molecule has 3 aromatic rings. The summed E-state index contributed by atoms with van der Waals surface area (Å²) < 4.78 is 2.04. The summed E-state index contributed by atoms with van der Waals surface area (Å²) in [6.07, 6.45) is 9.25. The number of aromatic amines is 1. The van der Waals surface area contributed by atoms with Crippen LogP contribution in [0.5, 0.6) is 0 Å². The fraction of sp³-hybridized carbons (Fsp3) is 0.600. The van der Waals surface area contributed by atoms with Crippen LogP contribution in [0.15, 0.2) is 29.1 Å². The number of fused-ring (bicyclic) bond motifs is 1. The lowest BCUT2D eigenvalue weighted by atomic mass is 9.93. The number of hydrogen-bond donors (Lipinski definition) is 1. The minimum atomic E-state index is -0.229. The molecule has 5 rings (SSSR count). The van der Waals surface area contributed by atoms with E-state index in [1.165, 1.54) is 31.2 Å². The molecule has 1 saturated heterocycles. The molecule has 32 heavy (non-hydrogen) atoms. The summed E-state index contributed by atoms with van der Waals surface area (Å²) in [5, 5.41) is 14.1. The first-order chi connectivity index (χ1) is 15.6. The Morgan fingerprint density at radius 3 is 2.75 bits per heavy atom. The van der Waals surface area contributed by atoms with Crippen LogP contribution < -0.4 is 5.56 Å². The van der Waals surface area contributed by atoms with Crippen LogP contribution in [-0.2, 0) is 6.42 Å². The third-order valence-electron chi connectivity index (χ3n) is 7.38. The van der Waals surface area contributed by atoms with Crippen LogP contribution in [0.2, 0.25) is 0 Å². The second-order valence-electron chi connectivity index (χ2n) is 9.75. The molecule has 0 amide bonds. The third kappa shape index (κ3) is 4.10. The largest absolute Gasteiger partial charge is 0.322 e.